The molecule has 84 valence electrons. The lowest BCUT2D eigenvalue weighted by Gasteiger charge is -2.11. The van der Waals surface area contributed by atoms with Gasteiger partial charge in [0, 0.05) is 23.7 Å². The minimum Gasteiger partial charge on any atom is -0.348 e. The molecule has 1 saturated carbocycles. The SMILES string of the molecule is CCSC1CCC(NCc2ncc[nH]2)C1. The molecule has 1 fully saturated rings. The summed E-state index contributed by atoms with van der Waals surface area (Å²) in [6.07, 6.45) is 7.69. The Morgan fingerprint density at radius 3 is 3.27 bits per heavy atom. The Bertz CT molecular complexity index is 273. The molecule has 1 aromatic heterocycles. The first-order valence-corrected chi connectivity index (χ1v) is 6.76. The van der Waals surface area contributed by atoms with E-state index in [0.717, 1.165) is 17.6 Å². The van der Waals surface area contributed by atoms with E-state index in [1.54, 1.807) is 6.20 Å². The van der Waals surface area contributed by atoms with Gasteiger partial charge in [-0.3, -0.25) is 0 Å². The van der Waals surface area contributed by atoms with E-state index in [1.165, 1.54) is 25.0 Å². The van der Waals surface area contributed by atoms with Crippen LogP contribution < -0.4 is 5.32 Å². The predicted octanol–water partition coefficient (Wildman–Crippen LogP) is 2.17. The van der Waals surface area contributed by atoms with Crippen LogP contribution in [-0.4, -0.2) is 27.0 Å². The highest BCUT2D eigenvalue weighted by Gasteiger charge is 2.23. The van der Waals surface area contributed by atoms with E-state index in [1.807, 2.05) is 6.20 Å². The van der Waals surface area contributed by atoms with Gasteiger partial charge in [-0.1, -0.05) is 6.92 Å². The second-order valence-corrected chi connectivity index (χ2v) is 5.58. The average molecular weight is 225 g/mol. The van der Waals surface area contributed by atoms with Gasteiger partial charge in [0.25, 0.3) is 0 Å². The molecule has 2 unspecified atom stereocenters. The predicted molar refractivity (Wildman–Crippen MR) is 65.0 cm³/mol. The number of nitrogens with one attached hydrogen (secondary N) is 2. The molecule has 0 radical (unpaired) electrons. The first-order chi connectivity index (χ1) is 7.38. The zero-order valence-corrected chi connectivity index (χ0v) is 10.0. The highest BCUT2D eigenvalue weighted by Crippen LogP contribution is 2.29. The molecule has 4 heteroatoms. The van der Waals surface area contributed by atoms with Crippen molar-refractivity contribution in [2.75, 3.05) is 5.75 Å². The smallest absolute Gasteiger partial charge is 0.120 e. The molecule has 1 heterocycles. The van der Waals surface area contributed by atoms with Crippen LogP contribution in [0.15, 0.2) is 12.4 Å². The van der Waals surface area contributed by atoms with Crippen LogP contribution in [0.25, 0.3) is 0 Å². The van der Waals surface area contributed by atoms with Crippen LogP contribution in [-0.2, 0) is 6.54 Å². The Morgan fingerprint density at radius 2 is 2.53 bits per heavy atom. The molecule has 0 spiro atoms. The molecule has 0 aliphatic heterocycles. The Kier molecular flexibility index (Phi) is 4.09. The highest BCUT2D eigenvalue weighted by atomic mass is 32.2. The largest absolute Gasteiger partial charge is 0.348 e. The quantitative estimate of drug-likeness (QED) is 0.807. The van der Waals surface area contributed by atoms with Crippen molar-refractivity contribution < 1.29 is 0 Å². The molecule has 2 rings (SSSR count). The molecule has 15 heavy (non-hydrogen) atoms. The van der Waals surface area contributed by atoms with Gasteiger partial charge in [0.05, 0.1) is 6.54 Å². The fraction of sp³-hybridized carbons (Fsp3) is 0.727. The molecule has 2 N–H and O–H groups in total. The number of hydrogen-bond acceptors (Lipinski definition) is 3. The summed E-state index contributed by atoms with van der Waals surface area (Å²) in [6, 6.07) is 0.694. The number of imidazole rings is 1. The first kappa shape index (κ1) is 11.0. The van der Waals surface area contributed by atoms with Gasteiger partial charge in [-0.25, -0.2) is 4.98 Å². The summed E-state index contributed by atoms with van der Waals surface area (Å²) in [5, 5.41) is 4.44. The monoisotopic (exact) mass is 225 g/mol. The summed E-state index contributed by atoms with van der Waals surface area (Å²) in [5.41, 5.74) is 0. The van der Waals surface area contributed by atoms with E-state index in [9.17, 15) is 0 Å². The standard InChI is InChI=1S/C11H19N3S/c1-2-15-10-4-3-9(7-10)14-8-11-12-5-6-13-11/h5-6,9-10,14H,2-4,7-8H2,1H3,(H,12,13). The Morgan fingerprint density at radius 1 is 1.60 bits per heavy atom. The number of rotatable bonds is 5. The number of thioether (sulfide) groups is 1. The van der Waals surface area contributed by atoms with Gasteiger partial charge < -0.3 is 10.3 Å². The van der Waals surface area contributed by atoms with E-state index in [4.69, 9.17) is 0 Å². The van der Waals surface area contributed by atoms with Crippen LogP contribution in [0.2, 0.25) is 0 Å². The number of aromatic amines is 1. The van der Waals surface area contributed by atoms with Crippen LogP contribution in [0.3, 0.4) is 0 Å². The Labute approximate surface area is 95.4 Å². The average Bonchev–Trinajstić information content (AvgIpc) is 2.85. The van der Waals surface area contributed by atoms with Crippen molar-refractivity contribution in [2.45, 2.75) is 44.0 Å². The molecule has 3 nitrogen and oxygen atoms in total. The van der Waals surface area contributed by atoms with Crippen LogP contribution in [0.4, 0.5) is 0 Å². The minimum absolute atomic E-state index is 0.694. The maximum absolute atomic E-state index is 4.21. The van der Waals surface area contributed by atoms with Gasteiger partial charge in [-0.05, 0) is 25.0 Å². The summed E-state index contributed by atoms with van der Waals surface area (Å²) in [7, 11) is 0. The third-order valence-electron chi connectivity index (χ3n) is 2.90. The van der Waals surface area contributed by atoms with Crippen molar-refractivity contribution in [1.82, 2.24) is 15.3 Å². The summed E-state index contributed by atoms with van der Waals surface area (Å²) in [4.78, 5) is 7.33. The highest BCUT2D eigenvalue weighted by molar-refractivity contribution is 7.99. The maximum atomic E-state index is 4.21. The number of nitrogens with zero attached hydrogens (tertiary/aromatic N) is 1. The van der Waals surface area contributed by atoms with Crippen molar-refractivity contribution in [2.24, 2.45) is 0 Å². The third kappa shape index (κ3) is 3.24. The van der Waals surface area contributed by atoms with E-state index < -0.39 is 0 Å². The Balaban J connectivity index is 1.69. The van der Waals surface area contributed by atoms with Crippen molar-refractivity contribution >= 4 is 11.8 Å². The summed E-state index contributed by atoms with van der Waals surface area (Å²) in [5.74, 6) is 2.29. The van der Waals surface area contributed by atoms with E-state index in [0.29, 0.717) is 6.04 Å². The number of aromatic nitrogens is 2. The summed E-state index contributed by atoms with van der Waals surface area (Å²) < 4.78 is 0. The lowest BCUT2D eigenvalue weighted by Crippen LogP contribution is -2.26. The number of hydrogen-bond donors (Lipinski definition) is 2. The lowest BCUT2D eigenvalue weighted by atomic mass is 10.2. The van der Waals surface area contributed by atoms with Gasteiger partial charge in [0.15, 0.2) is 0 Å². The summed E-state index contributed by atoms with van der Waals surface area (Å²) in [6.45, 7) is 3.12. The van der Waals surface area contributed by atoms with E-state index in [2.05, 4.69) is 34.0 Å². The van der Waals surface area contributed by atoms with Crippen LogP contribution in [0.1, 0.15) is 32.0 Å². The number of H-pyrrole nitrogens is 1. The van der Waals surface area contributed by atoms with Crippen LogP contribution in [0, 0.1) is 0 Å². The molecule has 1 aliphatic rings. The molecule has 0 amide bonds. The van der Waals surface area contributed by atoms with E-state index in [-0.39, 0.29) is 0 Å². The van der Waals surface area contributed by atoms with Crippen LogP contribution in [0.5, 0.6) is 0 Å². The zero-order chi connectivity index (χ0) is 10.5. The first-order valence-electron chi connectivity index (χ1n) is 5.71. The Hall–Kier alpha value is -0.480. The second kappa shape index (κ2) is 5.56. The lowest BCUT2D eigenvalue weighted by molar-refractivity contribution is 0.516. The molecule has 0 bridgehead atoms. The van der Waals surface area contributed by atoms with E-state index >= 15 is 0 Å². The molecule has 2 atom stereocenters. The molecule has 0 saturated heterocycles. The van der Waals surface area contributed by atoms with Crippen molar-refractivity contribution in [3.63, 3.8) is 0 Å². The van der Waals surface area contributed by atoms with Gasteiger partial charge in [-0.2, -0.15) is 11.8 Å². The topological polar surface area (TPSA) is 40.7 Å². The molecular formula is C11H19N3S. The molecule has 1 aromatic rings. The summed E-state index contributed by atoms with van der Waals surface area (Å²) >= 11 is 2.10. The normalized spacial score (nSPS) is 25.9. The fourth-order valence-electron chi connectivity index (χ4n) is 2.15. The fourth-order valence-corrected chi connectivity index (χ4v) is 3.29. The second-order valence-electron chi connectivity index (χ2n) is 4.00. The van der Waals surface area contributed by atoms with Gasteiger partial charge in [0.2, 0.25) is 0 Å². The van der Waals surface area contributed by atoms with Crippen molar-refractivity contribution in [1.29, 1.82) is 0 Å². The minimum atomic E-state index is 0.694. The van der Waals surface area contributed by atoms with Gasteiger partial charge in [-0.15, -0.1) is 0 Å². The molecule has 0 aromatic carbocycles. The third-order valence-corrected chi connectivity index (χ3v) is 4.13. The van der Waals surface area contributed by atoms with Gasteiger partial charge in [0.1, 0.15) is 5.82 Å². The van der Waals surface area contributed by atoms with Crippen molar-refractivity contribution in [3.8, 4) is 0 Å². The molecule has 1 aliphatic carbocycles. The molecular weight excluding hydrogens is 206 g/mol. The maximum Gasteiger partial charge on any atom is 0.120 e. The van der Waals surface area contributed by atoms with Crippen LogP contribution >= 0.6 is 11.8 Å². The van der Waals surface area contributed by atoms with Gasteiger partial charge >= 0.3 is 0 Å². The zero-order valence-electron chi connectivity index (χ0n) is 9.20. The van der Waals surface area contributed by atoms with Crippen molar-refractivity contribution in [3.05, 3.63) is 18.2 Å².